The molecule has 0 saturated carbocycles. The Morgan fingerprint density at radius 3 is 1.75 bits per heavy atom. The van der Waals surface area contributed by atoms with Gasteiger partial charge >= 0.3 is 0 Å². The highest BCUT2D eigenvalue weighted by Gasteiger charge is 2.24. The molecule has 0 radical (unpaired) electrons. The number of carbonyl (C=O) groups is 1. The third kappa shape index (κ3) is 5.50. The second-order valence-electron chi connectivity index (χ2n) is 5.49. The Morgan fingerprint density at radius 1 is 1.00 bits per heavy atom. The van der Waals surface area contributed by atoms with E-state index in [1.54, 1.807) is 0 Å². The van der Waals surface area contributed by atoms with E-state index < -0.39 is 0 Å². The zero-order valence-corrected chi connectivity index (χ0v) is 11.7. The molecule has 96 valence electrons. The van der Waals surface area contributed by atoms with Gasteiger partial charge in [0, 0.05) is 11.1 Å². The Labute approximate surface area is 100 Å². The Kier molecular flexibility index (Phi) is 6.01. The normalized spacial score (nSPS) is 12.6. The lowest BCUT2D eigenvalue weighted by atomic mass is 9.90. The number of carbonyl (C=O) groups excluding carboxylic acids is 1. The molecule has 0 fully saturated rings. The van der Waals surface area contributed by atoms with Crippen LogP contribution in [0.5, 0.6) is 0 Å². The van der Waals surface area contributed by atoms with E-state index in [0.29, 0.717) is 6.54 Å². The van der Waals surface area contributed by atoms with E-state index in [0.717, 1.165) is 19.3 Å². The van der Waals surface area contributed by atoms with Crippen LogP contribution in [-0.4, -0.2) is 23.5 Å². The van der Waals surface area contributed by atoms with Crippen LogP contribution < -0.4 is 10.6 Å². The summed E-state index contributed by atoms with van der Waals surface area (Å²) in [4.78, 5) is 11.7. The predicted octanol–water partition coefficient (Wildman–Crippen LogP) is 2.46. The minimum atomic E-state index is -0.147. The standard InChI is InChI=1S/C13H28N2O/c1-7-13(8-2,9-3)14-10-11(16)15-12(4,5)6/h14H,7-10H2,1-6H3,(H,15,16). The predicted molar refractivity (Wildman–Crippen MR) is 69.5 cm³/mol. The molecule has 0 saturated heterocycles. The average Bonchev–Trinajstić information content (AvgIpc) is 2.18. The van der Waals surface area contributed by atoms with Crippen LogP contribution in [0.1, 0.15) is 60.8 Å². The van der Waals surface area contributed by atoms with E-state index >= 15 is 0 Å². The zero-order chi connectivity index (χ0) is 12.8. The molecule has 16 heavy (non-hydrogen) atoms. The molecule has 0 aromatic heterocycles. The second kappa shape index (κ2) is 6.24. The van der Waals surface area contributed by atoms with Crippen LogP contribution in [-0.2, 0) is 4.79 Å². The smallest absolute Gasteiger partial charge is 0.234 e. The summed E-state index contributed by atoms with van der Waals surface area (Å²) in [6, 6.07) is 0. The third-order valence-electron chi connectivity index (χ3n) is 3.17. The van der Waals surface area contributed by atoms with Crippen molar-refractivity contribution in [3.8, 4) is 0 Å². The van der Waals surface area contributed by atoms with Gasteiger partial charge in [0.2, 0.25) is 5.91 Å². The molecule has 0 bridgehead atoms. The van der Waals surface area contributed by atoms with Crippen LogP contribution in [0.15, 0.2) is 0 Å². The summed E-state index contributed by atoms with van der Waals surface area (Å²) in [5.41, 5.74) is -0.0265. The van der Waals surface area contributed by atoms with Gasteiger partial charge in [-0.25, -0.2) is 0 Å². The quantitative estimate of drug-likeness (QED) is 0.733. The molecule has 0 aliphatic carbocycles. The summed E-state index contributed by atoms with van der Waals surface area (Å²) < 4.78 is 0. The molecule has 0 atom stereocenters. The summed E-state index contributed by atoms with van der Waals surface area (Å²) in [6.45, 7) is 12.9. The maximum absolute atomic E-state index is 11.7. The maximum atomic E-state index is 11.7. The lowest BCUT2D eigenvalue weighted by Gasteiger charge is -2.32. The number of hydrogen-bond donors (Lipinski definition) is 2. The van der Waals surface area contributed by atoms with Gasteiger partial charge in [-0.1, -0.05) is 20.8 Å². The van der Waals surface area contributed by atoms with E-state index in [1.165, 1.54) is 0 Å². The summed E-state index contributed by atoms with van der Waals surface area (Å²) in [6.07, 6.45) is 3.17. The molecule has 0 aliphatic heterocycles. The number of rotatable bonds is 6. The van der Waals surface area contributed by atoms with Gasteiger partial charge < -0.3 is 10.6 Å². The van der Waals surface area contributed by atoms with Gasteiger partial charge in [0.25, 0.3) is 0 Å². The molecular formula is C13H28N2O. The van der Waals surface area contributed by atoms with Crippen LogP contribution in [0.4, 0.5) is 0 Å². The highest BCUT2D eigenvalue weighted by atomic mass is 16.2. The Morgan fingerprint density at radius 2 is 1.44 bits per heavy atom. The molecule has 0 rings (SSSR count). The molecule has 3 nitrogen and oxygen atoms in total. The molecule has 0 aromatic rings. The van der Waals surface area contributed by atoms with E-state index in [9.17, 15) is 4.79 Å². The minimum Gasteiger partial charge on any atom is -0.350 e. The molecule has 0 unspecified atom stereocenters. The minimum absolute atomic E-state index is 0.0761. The molecular weight excluding hydrogens is 200 g/mol. The fraction of sp³-hybridized carbons (Fsp3) is 0.923. The summed E-state index contributed by atoms with van der Waals surface area (Å²) in [7, 11) is 0. The highest BCUT2D eigenvalue weighted by molar-refractivity contribution is 5.78. The van der Waals surface area contributed by atoms with E-state index in [4.69, 9.17) is 0 Å². The summed E-state index contributed by atoms with van der Waals surface area (Å²) in [5, 5.41) is 6.36. The fourth-order valence-electron chi connectivity index (χ4n) is 1.86. The van der Waals surface area contributed by atoms with Crippen molar-refractivity contribution in [1.82, 2.24) is 10.6 Å². The van der Waals surface area contributed by atoms with Crippen molar-refractivity contribution in [2.24, 2.45) is 0 Å². The van der Waals surface area contributed by atoms with Crippen molar-refractivity contribution in [2.45, 2.75) is 71.9 Å². The van der Waals surface area contributed by atoms with Crippen molar-refractivity contribution < 1.29 is 4.79 Å². The number of nitrogens with one attached hydrogen (secondary N) is 2. The topological polar surface area (TPSA) is 41.1 Å². The van der Waals surface area contributed by atoms with Crippen LogP contribution in [0.3, 0.4) is 0 Å². The van der Waals surface area contributed by atoms with Gasteiger partial charge in [-0.15, -0.1) is 0 Å². The van der Waals surface area contributed by atoms with Gasteiger partial charge in [0.15, 0.2) is 0 Å². The summed E-state index contributed by atoms with van der Waals surface area (Å²) >= 11 is 0. The van der Waals surface area contributed by atoms with E-state index in [2.05, 4.69) is 31.4 Å². The highest BCUT2D eigenvalue weighted by Crippen LogP contribution is 2.18. The molecule has 0 aliphatic rings. The molecule has 0 spiro atoms. The van der Waals surface area contributed by atoms with Crippen molar-refractivity contribution in [3.05, 3.63) is 0 Å². The Balaban J connectivity index is 4.17. The van der Waals surface area contributed by atoms with E-state index in [-0.39, 0.29) is 17.0 Å². The monoisotopic (exact) mass is 228 g/mol. The Bertz CT molecular complexity index is 206. The summed E-state index contributed by atoms with van der Waals surface area (Å²) in [5.74, 6) is 0.0761. The number of amides is 1. The van der Waals surface area contributed by atoms with Crippen LogP contribution in [0, 0.1) is 0 Å². The van der Waals surface area contributed by atoms with Gasteiger partial charge in [-0.05, 0) is 40.0 Å². The van der Waals surface area contributed by atoms with E-state index in [1.807, 2.05) is 20.8 Å². The van der Waals surface area contributed by atoms with Crippen molar-refractivity contribution in [3.63, 3.8) is 0 Å². The van der Waals surface area contributed by atoms with Gasteiger partial charge in [-0.2, -0.15) is 0 Å². The maximum Gasteiger partial charge on any atom is 0.234 e. The number of hydrogen-bond acceptors (Lipinski definition) is 2. The van der Waals surface area contributed by atoms with Gasteiger partial charge in [-0.3, -0.25) is 4.79 Å². The van der Waals surface area contributed by atoms with Crippen LogP contribution >= 0.6 is 0 Å². The van der Waals surface area contributed by atoms with Crippen molar-refractivity contribution >= 4 is 5.91 Å². The van der Waals surface area contributed by atoms with Gasteiger partial charge in [0.1, 0.15) is 0 Å². The first-order valence-electron chi connectivity index (χ1n) is 6.34. The second-order valence-corrected chi connectivity index (χ2v) is 5.49. The molecule has 3 heteroatoms. The SMILES string of the molecule is CCC(CC)(CC)NCC(=O)NC(C)(C)C. The third-order valence-corrected chi connectivity index (χ3v) is 3.17. The lowest BCUT2D eigenvalue weighted by molar-refractivity contribution is -0.122. The molecule has 0 aromatic carbocycles. The van der Waals surface area contributed by atoms with Crippen molar-refractivity contribution in [2.75, 3.05) is 6.54 Å². The molecule has 1 amide bonds. The van der Waals surface area contributed by atoms with Crippen LogP contribution in [0.2, 0.25) is 0 Å². The first kappa shape index (κ1) is 15.4. The first-order chi connectivity index (χ1) is 7.28. The lowest BCUT2D eigenvalue weighted by Crippen LogP contribution is -2.51. The first-order valence-corrected chi connectivity index (χ1v) is 6.34. The van der Waals surface area contributed by atoms with Crippen LogP contribution in [0.25, 0.3) is 0 Å². The zero-order valence-electron chi connectivity index (χ0n) is 11.7. The largest absolute Gasteiger partial charge is 0.350 e. The Hall–Kier alpha value is -0.570. The molecule has 0 heterocycles. The average molecular weight is 228 g/mol. The molecule has 2 N–H and O–H groups in total. The van der Waals surface area contributed by atoms with Crippen molar-refractivity contribution in [1.29, 1.82) is 0 Å². The fourth-order valence-corrected chi connectivity index (χ4v) is 1.86. The van der Waals surface area contributed by atoms with Gasteiger partial charge in [0.05, 0.1) is 6.54 Å².